The summed E-state index contributed by atoms with van der Waals surface area (Å²) >= 11 is 0. The summed E-state index contributed by atoms with van der Waals surface area (Å²) in [6.07, 6.45) is 21.9. The highest BCUT2D eigenvalue weighted by molar-refractivity contribution is 5.87. The molecule has 0 heterocycles. The van der Waals surface area contributed by atoms with Crippen LogP contribution in [-0.4, -0.2) is 56.3 Å². The average molecular weight is 566 g/mol. The first-order chi connectivity index (χ1) is 19.7. The van der Waals surface area contributed by atoms with Crippen molar-refractivity contribution in [3.8, 4) is 0 Å². The molecular weight excluding hydrogens is 506 g/mol. The molecule has 1 unspecified atom stereocenters. The molecule has 0 aromatic heterocycles. The molecule has 1 aliphatic carbocycles. The summed E-state index contributed by atoms with van der Waals surface area (Å²) in [5.74, 6) is 0. The van der Waals surface area contributed by atoms with Crippen molar-refractivity contribution >= 4 is 25.4 Å². The van der Waals surface area contributed by atoms with Gasteiger partial charge in [-0.15, -0.1) is 0 Å². The van der Waals surface area contributed by atoms with Crippen LogP contribution < -0.4 is 5.32 Å². The van der Waals surface area contributed by atoms with Crippen molar-refractivity contribution < 1.29 is 5.11 Å². The minimum absolute atomic E-state index is 0.217. The summed E-state index contributed by atoms with van der Waals surface area (Å²) in [4.78, 5) is 16.5. The van der Waals surface area contributed by atoms with Crippen molar-refractivity contribution in [1.29, 1.82) is 0 Å². The first kappa shape index (κ1) is 40.2. The minimum Gasteiger partial charge on any atom is -0.373 e. The van der Waals surface area contributed by atoms with Gasteiger partial charge in [-0.2, -0.15) is 0 Å². The molecule has 6 nitrogen and oxygen atoms in total. The number of aliphatic imine (C=N–C) groups is 4. The fourth-order valence-electron chi connectivity index (χ4n) is 3.65. The second-order valence-corrected chi connectivity index (χ2v) is 9.91. The highest BCUT2D eigenvalue weighted by Crippen LogP contribution is 2.27. The molecule has 0 fully saturated rings. The quantitative estimate of drug-likeness (QED) is 0.0644. The summed E-state index contributed by atoms with van der Waals surface area (Å²) in [7, 11) is 1.64. The van der Waals surface area contributed by atoms with E-state index in [1.54, 1.807) is 13.3 Å². The lowest BCUT2D eigenvalue weighted by atomic mass is 9.95. The van der Waals surface area contributed by atoms with Crippen LogP contribution >= 0.6 is 0 Å². The van der Waals surface area contributed by atoms with Gasteiger partial charge in [0.15, 0.2) is 0 Å². The van der Waals surface area contributed by atoms with Crippen LogP contribution in [0.2, 0.25) is 0 Å². The highest BCUT2D eigenvalue weighted by Gasteiger charge is 2.13. The van der Waals surface area contributed by atoms with E-state index >= 15 is 0 Å². The van der Waals surface area contributed by atoms with E-state index in [1.165, 1.54) is 25.7 Å². The molecule has 0 saturated heterocycles. The maximum absolute atomic E-state index is 10.6. The van der Waals surface area contributed by atoms with E-state index in [0.29, 0.717) is 12.1 Å². The first-order valence-electron chi connectivity index (χ1n) is 15.1. The molecule has 0 aliphatic heterocycles. The van der Waals surface area contributed by atoms with Gasteiger partial charge in [0.2, 0.25) is 0 Å². The molecule has 0 bridgehead atoms. The third-order valence-corrected chi connectivity index (χ3v) is 5.76. The van der Waals surface area contributed by atoms with Gasteiger partial charge in [0.1, 0.15) is 6.23 Å². The monoisotopic (exact) mass is 565 g/mol. The van der Waals surface area contributed by atoms with Gasteiger partial charge in [-0.3, -0.25) is 20.3 Å². The minimum atomic E-state index is -0.753. The van der Waals surface area contributed by atoms with Crippen LogP contribution in [0.1, 0.15) is 99.8 Å². The van der Waals surface area contributed by atoms with E-state index in [-0.39, 0.29) is 6.04 Å². The smallest absolute Gasteiger partial charge is 0.143 e. The lowest BCUT2D eigenvalue weighted by Gasteiger charge is -2.17. The molecule has 1 aliphatic rings. The number of unbranched alkanes of at least 4 members (excludes halogenated alkanes) is 4. The summed E-state index contributed by atoms with van der Waals surface area (Å²) in [5, 5.41) is 13.8. The molecule has 2 N–H and O–H groups in total. The van der Waals surface area contributed by atoms with Gasteiger partial charge in [0.05, 0.1) is 17.1 Å². The number of rotatable bonds is 16. The Hall–Kier alpha value is -2.96. The molecule has 1 atom stereocenters. The number of hydrogen-bond donors (Lipinski definition) is 2. The van der Waals surface area contributed by atoms with Crippen molar-refractivity contribution in [3.63, 3.8) is 0 Å². The summed E-state index contributed by atoms with van der Waals surface area (Å²) in [5.41, 5.74) is 5.45. The lowest BCUT2D eigenvalue weighted by Crippen LogP contribution is -2.35. The predicted octanol–water partition coefficient (Wildman–Crippen LogP) is 8.79. The zero-order valence-electron chi connectivity index (χ0n) is 27.4. The Balaban J connectivity index is 0. The van der Waals surface area contributed by atoms with E-state index < -0.39 is 6.23 Å². The van der Waals surface area contributed by atoms with Crippen molar-refractivity contribution in [2.75, 3.05) is 13.6 Å². The second kappa shape index (κ2) is 27.2. The van der Waals surface area contributed by atoms with Crippen LogP contribution in [0.25, 0.3) is 0 Å². The summed E-state index contributed by atoms with van der Waals surface area (Å²) < 4.78 is 0. The third kappa shape index (κ3) is 21.5. The Bertz CT molecular complexity index is 961. The van der Waals surface area contributed by atoms with Crippen molar-refractivity contribution in [1.82, 2.24) is 5.32 Å². The Morgan fingerprint density at radius 1 is 1.02 bits per heavy atom. The summed E-state index contributed by atoms with van der Waals surface area (Å²) in [6, 6.07) is 0.217. The Labute approximate surface area is 252 Å². The third-order valence-electron chi connectivity index (χ3n) is 5.76. The first-order valence-corrected chi connectivity index (χ1v) is 15.1. The Morgan fingerprint density at radius 2 is 1.63 bits per heavy atom. The van der Waals surface area contributed by atoms with Crippen LogP contribution in [0.5, 0.6) is 0 Å². The number of aliphatic hydroxyl groups is 1. The van der Waals surface area contributed by atoms with Crippen LogP contribution in [0.3, 0.4) is 0 Å². The number of hydrogen-bond acceptors (Lipinski definition) is 6. The maximum atomic E-state index is 10.6. The molecule has 0 aromatic carbocycles. The number of nitrogens with zero attached hydrogens (tertiary/aromatic N) is 4. The normalized spacial score (nSPS) is 17.6. The number of aliphatic hydroxyl groups excluding tert-OH is 1. The fraction of sp³-hybridized carbons (Fsp3) is 0.543. The van der Waals surface area contributed by atoms with Crippen molar-refractivity contribution in [2.45, 2.75) is 112 Å². The molecule has 0 amide bonds. The largest absolute Gasteiger partial charge is 0.373 e. The second-order valence-electron chi connectivity index (χ2n) is 9.91. The van der Waals surface area contributed by atoms with E-state index in [1.807, 2.05) is 46.8 Å². The average Bonchev–Trinajstić information content (AvgIpc) is 2.93. The molecule has 0 radical (unpaired) electrons. The maximum Gasteiger partial charge on any atom is 0.143 e. The van der Waals surface area contributed by atoms with E-state index in [9.17, 15) is 5.11 Å². The van der Waals surface area contributed by atoms with E-state index in [4.69, 9.17) is 4.99 Å². The van der Waals surface area contributed by atoms with E-state index in [2.05, 4.69) is 78.5 Å². The zero-order valence-corrected chi connectivity index (χ0v) is 27.4. The molecule has 41 heavy (non-hydrogen) atoms. The van der Waals surface area contributed by atoms with Crippen LogP contribution in [-0.2, 0) is 0 Å². The topological polar surface area (TPSA) is 81.7 Å². The molecule has 0 spiro atoms. The van der Waals surface area contributed by atoms with Gasteiger partial charge >= 0.3 is 0 Å². The molecule has 1 rings (SSSR count). The standard InChI is InChI=1S/C31H48N4O.C2H5N.C2H6/c1-8-9-10-13-16-21-33-31(36)27(6)35-30-18-15-12-11-14-17-29(30)26(5)22-25(4)19-20-28(32-7)23-34-24(2)3;1-3-2;1-2/h11-12,17-20,23-24,31,33,36H,5,7-10,13-16,21-22H2,1-4,6H3;1H2,2H3;1-2H3/b12-11?,25-19+,28-20-,29-17-,30-18+,34-23?,35-27?;;. The van der Waals surface area contributed by atoms with Crippen LogP contribution in [0.4, 0.5) is 0 Å². The van der Waals surface area contributed by atoms with Gasteiger partial charge in [-0.05, 0) is 90.6 Å². The number of nitrogens with one attached hydrogen (secondary N) is 1. The zero-order chi connectivity index (χ0) is 31.5. The van der Waals surface area contributed by atoms with Crippen molar-refractivity contribution in [2.24, 2.45) is 20.0 Å². The lowest BCUT2D eigenvalue weighted by molar-refractivity contribution is 0.201. The van der Waals surface area contributed by atoms with Crippen LogP contribution in [0, 0.1) is 0 Å². The molecule has 0 aromatic rings. The van der Waals surface area contributed by atoms with Crippen molar-refractivity contribution in [3.05, 3.63) is 71.1 Å². The SMILES string of the molecule is C=N/C(C=NC(C)C)=C\C=C(/C)CC(=C)C1=C/CC=CC/C=C\1N=C(C)C(O)NCCCCCCC.C=NC.CC. The molecule has 230 valence electrons. The molecule has 6 heteroatoms. The fourth-order valence-corrected chi connectivity index (χ4v) is 3.65. The van der Waals surface area contributed by atoms with Gasteiger partial charge in [0.25, 0.3) is 0 Å². The highest BCUT2D eigenvalue weighted by atomic mass is 16.3. The van der Waals surface area contributed by atoms with Gasteiger partial charge in [-0.25, -0.2) is 0 Å². The number of allylic oxidation sites excluding steroid dienone is 9. The van der Waals surface area contributed by atoms with Gasteiger partial charge < -0.3 is 10.1 Å². The molecule has 0 saturated carbocycles. The summed E-state index contributed by atoms with van der Waals surface area (Å²) in [6.45, 7) is 26.1. The Morgan fingerprint density at radius 3 is 2.22 bits per heavy atom. The van der Waals surface area contributed by atoms with Crippen LogP contribution in [0.15, 0.2) is 91.1 Å². The molecular formula is C35H59N5O. The van der Waals surface area contributed by atoms with Gasteiger partial charge in [0, 0.05) is 19.3 Å². The van der Waals surface area contributed by atoms with E-state index in [0.717, 1.165) is 53.9 Å². The van der Waals surface area contributed by atoms with Gasteiger partial charge in [-0.1, -0.05) is 89.0 Å². The Kier molecular flexibility index (Phi) is 26.7. The predicted molar refractivity (Wildman–Crippen MR) is 186 cm³/mol.